The van der Waals surface area contributed by atoms with Crippen LogP contribution in [-0.4, -0.2) is 33.9 Å². The van der Waals surface area contributed by atoms with Crippen molar-refractivity contribution in [3.63, 3.8) is 0 Å². The van der Waals surface area contributed by atoms with Crippen LogP contribution < -0.4 is 0 Å². The van der Waals surface area contributed by atoms with Crippen molar-refractivity contribution in [1.82, 2.24) is 0 Å². The Morgan fingerprint density at radius 3 is 1.50 bits per heavy atom. The maximum Gasteiger partial charge on any atom is 0.282 e. The lowest BCUT2D eigenvalue weighted by Crippen LogP contribution is -2.35. The van der Waals surface area contributed by atoms with E-state index in [1.54, 1.807) is 21.3 Å². The Morgan fingerprint density at radius 1 is 0.682 bits per heavy atom. The lowest BCUT2D eigenvalue weighted by atomic mass is 10.1. The Hall–Kier alpha value is -0.580. The highest BCUT2D eigenvalue weighted by atomic mass is 16.9. The molecule has 22 heavy (non-hydrogen) atoms. The average molecular weight is 316 g/mol. The fourth-order valence-electron chi connectivity index (χ4n) is 2.58. The summed E-state index contributed by atoms with van der Waals surface area (Å²) in [6.45, 7) is 4.35. The van der Waals surface area contributed by atoms with Gasteiger partial charge in [0, 0.05) is 27.8 Å². The summed E-state index contributed by atoms with van der Waals surface area (Å²) in [6.07, 6.45) is 14.9. The van der Waals surface area contributed by atoms with E-state index in [0.29, 0.717) is 0 Å². The van der Waals surface area contributed by atoms with Crippen LogP contribution in [0, 0.1) is 0 Å². The summed E-state index contributed by atoms with van der Waals surface area (Å²) >= 11 is 0. The third-order valence-electron chi connectivity index (χ3n) is 4.05. The highest BCUT2D eigenvalue weighted by Crippen LogP contribution is 2.21. The van der Waals surface area contributed by atoms with E-state index in [0.717, 1.165) is 25.9 Å². The van der Waals surface area contributed by atoms with Gasteiger partial charge in [-0.15, -0.1) is 0 Å². The minimum absolute atomic E-state index is 0.781. The first-order valence-corrected chi connectivity index (χ1v) is 8.62. The maximum atomic E-state index is 5.28. The Labute approximate surface area is 137 Å². The SMILES string of the molecule is C=COCCCCCCCCCCCCC(OC)(OC)OC. The van der Waals surface area contributed by atoms with Crippen molar-refractivity contribution in [3.05, 3.63) is 12.8 Å². The second-order valence-corrected chi connectivity index (χ2v) is 5.62. The smallest absolute Gasteiger partial charge is 0.282 e. The van der Waals surface area contributed by atoms with Crippen molar-refractivity contribution in [2.24, 2.45) is 0 Å². The molecule has 0 saturated carbocycles. The minimum atomic E-state index is -0.852. The van der Waals surface area contributed by atoms with Crippen LogP contribution in [0.4, 0.5) is 0 Å². The van der Waals surface area contributed by atoms with Crippen LogP contribution in [0.2, 0.25) is 0 Å². The summed E-state index contributed by atoms with van der Waals surface area (Å²) in [7, 11) is 4.86. The number of hydrogen-bond donors (Lipinski definition) is 0. The fourth-order valence-corrected chi connectivity index (χ4v) is 2.58. The quantitative estimate of drug-likeness (QED) is 0.214. The molecule has 4 nitrogen and oxygen atoms in total. The molecule has 0 aromatic heterocycles. The van der Waals surface area contributed by atoms with Crippen molar-refractivity contribution < 1.29 is 18.9 Å². The van der Waals surface area contributed by atoms with E-state index in [4.69, 9.17) is 18.9 Å². The van der Waals surface area contributed by atoms with Crippen molar-refractivity contribution in [2.45, 2.75) is 76.6 Å². The molecule has 0 atom stereocenters. The van der Waals surface area contributed by atoms with Gasteiger partial charge in [-0.25, -0.2) is 0 Å². The summed E-state index contributed by atoms with van der Waals surface area (Å²) in [5.41, 5.74) is 0. The van der Waals surface area contributed by atoms with Crippen LogP contribution in [0.5, 0.6) is 0 Å². The third-order valence-corrected chi connectivity index (χ3v) is 4.05. The van der Waals surface area contributed by atoms with E-state index >= 15 is 0 Å². The molecule has 0 aromatic rings. The molecule has 0 unspecified atom stereocenters. The largest absolute Gasteiger partial charge is 0.502 e. The third kappa shape index (κ3) is 11.0. The van der Waals surface area contributed by atoms with Crippen molar-refractivity contribution >= 4 is 0 Å². The highest BCUT2D eigenvalue weighted by molar-refractivity contribution is 4.57. The Balaban J connectivity index is 3.28. The van der Waals surface area contributed by atoms with Gasteiger partial charge in [0.1, 0.15) is 0 Å². The normalized spacial score (nSPS) is 11.6. The van der Waals surface area contributed by atoms with Crippen LogP contribution in [-0.2, 0) is 18.9 Å². The second kappa shape index (κ2) is 15.3. The average Bonchev–Trinajstić information content (AvgIpc) is 2.56. The van der Waals surface area contributed by atoms with Gasteiger partial charge < -0.3 is 18.9 Å². The molecule has 0 amide bonds. The molecule has 0 bridgehead atoms. The Kier molecular flexibility index (Phi) is 14.9. The molecular formula is C18H36O4. The van der Waals surface area contributed by atoms with Gasteiger partial charge in [-0.2, -0.15) is 0 Å². The van der Waals surface area contributed by atoms with E-state index < -0.39 is 5.97 Å². The molecular weight excluding hydrogens is 280 g/mol. The van der Waals surface area contributed by atoms with Crippen LogP contribution in [0.25, 0.3) is 0 Å². The predicted molar refractivity (Wildman–Crippen MR) is 90.7 cm³/mol. The van der Waals surface area contributed by atoms with Gasteiger partial charge in [-0.3, -0.25) is 0 Å². The maximum absolute atomic E-state index is 5.28. The lowest BCUT2D eigenvalue weighted by Gasteiger charge is -2.28. The molecule has 0 spiro atoms. The van der Waals surface area contributed by atoms with E-state index in [1.807, 2.05) is 0 Å². The number of ether oxygens (including phenoxy) is 4. The molecule has 0 radical (unpaired) electrons. The van der Waals surface area contributed by atoms with Gasteiger partial charge in [-0.05, 0) is 12.8 Å². The molecule has 0 N–H and O–H groups in total. The van der Waals surface area contributed by atoms with Gasteiger partial charge in [-0.1, -0.05) is 57.9 Å². The van der Waals surface area contributed by atoms with Gasteiger partial charge in [0.05, 0.1) is 12.9 Å². The number of rotatable bonds is 17. The standard InChI is InChI=1S/C18H36O4/c1-5-22-17-15-13-11-9-7-6-8-10-12-14-16-18(19-2,20-3)21-4/h5H,1,6-17H2,2-4H3. The first-order chi connectivity index (χ1) is 10.7. The van der Waals surface area contributed by atoms with Crippen LogP contribution in [0.3, 0.4) is 0 Å². The summed E-state index contributed by atoms with van der Waals surface area (Å²) < 4.78 is 21.0. The molecule has 0 aliphatic carbocycles. The number of unbranched alkanes of at least 4 members (excludes halogenated alkanes) is 9. The first kappa shape index (κ1) is 21.4. The summed E-state index contributed by atoms with van der Waals surface area (Å²) in [4.78, 5) is 0. The Morgan fingerprint density at radius 2 is 1.09 bits per heavy atom. The zero-order chi connectivity index (χ0) is 16.5. The molecule has 4 heteroatoms. The van der Waals surface area contributed by atoms with E-state index in [1.165, 1.54) is 57.6 Å². The fraction of sp³-hybridized carbons (Fsp3) is 0.889. The lowest BCUT2D eigenvalue weighted by molar-refractivity contribution is -0.355. The summed E-state index contributed by atoms with van der Waals surface area (Å²) in [5.74, 6) is -0.852. The Bertz CT molecular complexity index is 231. The minimum Gasteiger partial charge on any atom is -0.502 e. The van der Waals surface area contributed by atoms with E-state index in [-0.39, 0.29) is 0 Å². The van der Waals surface area contributed by atoms with Crippen LogP contribution >= 0.6 is 0 Å². The molecule has 0 rings (SSSR count). The predicted octanol–water partition coefficient (Wildman–Crippen LogP) is 5.03. The van der Waals surface area contributed by atoms with Crippen LogP contribution in [0.15, 0.2) is 12.8 Å². The van der Waals surface area contributed by atoms with Crippen molar-refractivity contribution in [2.75, 3.05) is 27.9 Å². The zero-order valence-corrected chi connectivity index (χ0v) is 14.9. The molecule has 0 saturated heterocycles. The molecule has 0 aliphatic heterocycles. The second-order valence-electron chi connectivity index (χ2n) is 5.62. The monoisotopic (exact) mass is 316 g/mol. The topological polar surface area (TPSA) is 36.9 Å². The zero-order valence-electron chi connectivity index (χ0n) is 14.9. The van der Waals surface area contributed by atoms with Gasteiger partial charge in [0.15, 0.2) is 0 Å². The molecule has 0 heterocycles. The van der Waals surface area contributed by atoms with E-state index in [9.17, 15) is 0 Å². The summed E-state index contributed by atoms with van der Waals surface area (Å²) in [6, 6.07) is 0. The molecule has 0 aromatic carbocycles. The molecule has 0 aliphatic rings. The van der Waals surface area contributed by atoms with Crippen LogP contribution in [0.1, 0.15) is 70.6 Å². The van der Waals surface area contributed by atoms with Crippen molar-refractivity contribution in [1.29, 1.82) is 0 Å². The number of methoxy groups -OCH3 is 3. The molecule has 0 fully saturated rings. The first-order valence-electron chi connectivity index (χ1n) is 8.62. The van der Waals surface area contributed by atoms with Gasteiger partial charge >= 0.3 is 0 Å². The molecule has 132 valence electrons. The van der Waals surface area contributed by atoms with E-state index in [2.05, 4.69) is 6.58 Å². The van der Waals surface area contributed by atoms with Gasteiger partial charge in [0.2, 0.25) is 0 Å². The summed E-state index contributed by atoms with van der Waals surface area (Å²) in [5, 5.41) is 0. The van der Waals surface area contributed by atoms with Gasteiger partial charge in [0.25, 0.3) is 5.97 Å². The highest BCUT2D eigenvalue weighted by Gasteiger charge is 2.28. The number of hydrogen-bond acceptors (Lipinski definition) is 4. The van der Waals surface area contributed by atoms with Crippen molar-refractivity contribution in [3.8, 4) is 0 Å².